The van der Waals surface area contributed by atoms with Crippen LogP contribution in [0.2, 0.25) is 5.02 Å². The third kappa shape index (κ3) is 2.89. The number of aromatic nitrogens is 3. The Morgan fingerprint density at radius 2 is 2.17 bits per heavy atom. The van der Waals surface area contributed by atoms with E-state index in [1.165, 1.54) is 5.56 Å². The van der Waals surface area contributed by atoms with Crippen LogP contribution in [0.1, 0.15) is 30.2 Å². The van der Waals surface area contributed by atoms with Gasteiger partial charge in [-0.1, -0.05) is 23.7 Å². The molecule has 0 fully saturated rings. The summed E-state index contributed by atoms with van der Waals surface area (Å²) < 4.78 is 1.98. The highest BCUT2D eigenvalue weighted by molar-refractivity contribution is 6.30. The SMILES string of the molecule is Cc1nnc(CN[C@H](C)c2cccc(Cl)c2)n1C. The van der Waals surface area contributed by atoms with Crippen molar-refractivity contribution in [1.82, 2.24) is 20.1 Å². The molecule has 1 aromatic heterocycles. The van der Waals surface area contributed by atoms with E-state index in [9.17, 15) is 0 Å². The van der Waals surface area contributed by atoms with E-state index in [-0.39, 0.29) is 6.04 Å². The second-order valence-corrected chi connectivity index (χ2v) is 4.82. The van der Waals surface area contributed by atoms with Gasteiger partial charge in [0.2, 0.25) is 0 Å². The Kier molecular flexibility index (Phi) is 3.99. The summed E-state index contributed by atoms with van der Waals surface area (Å²) in [6, 6.07) is 8.10. The number of hydrogen-bond acceptors (Lipinski definition) is 3. The Hall–Kier alpha value is -1.39. The first-order chi connectivity index (χ1) is 8.58. The van der Waals surface area contributed by atoms with E-state index in [0.717, 1.165) is 16.7 Å². The number of aryl methyl sites for hydroxylation is 1. The zero-order valence-corrected chi connectivity index (χ0v) is 11.6. The second-order valence-electron chi connectivity index (χ2n) is 4.38. The molecule has 0 saturated heterocycles. The number of nitrogens with zero attached hydrogens (tertiary/aromatic N) is 3. The number of nitrogens with one attached hydrogen (secondary N) is 1. The lowest BCUT2D eigenvalue weighted by Crippen LogP contribution is -2.20. The van der Waals surface area contributed by atoms with Gasteiger partial charge >= 0.3 is 0 Å². The Balaban J connectivity index is 2.00. The maximum absolute atomic E-state index is 5.98. The van der Waals surface area contributed by atoms with Gasteiger partial charge in [0.1, 0.15) is 11.6 Å². The monoisotopic (exact) mass is 264 g/mol. The molecule has 0 aliphatic carbocycles. The first-order valence-electron chi connectivity index (χ1n) is 5.91. The maximum Gasteiger partial charge on any atom is 0.146 e. The molecule has 0 bridgehead atoms. The minimum atomic E-state index is 0.223. The molecular formula is C13H17ClN4. The second kappa shape index (κ2) is 5.50. The van der Waals surface area contributed by atoms with Gasteiger partial charge in [-0.05, 0) is 31.5 Å². The fraction of sp³-hybridized carbons (Fsp3) is 0.385. The summed E-state index contributed by atoms with van der Waals surface area (Å²) >= 11 is 5.98. The quantitative estimate of drug-likeness (QED) is 0.923. The van der Waals surface area contributed by atoms with Crippen molar-refractivity contribution in [3.05, 3.63) is 46.5 Å². The van der Waals surface area contributed by atoms with Crippen LogP contribution in [0.15, 0.2) is 24.3 Å². The third-order valence-corrected chi connectivity index (χ3v) is 3.33. The summed E-state index contributed by atoms with van der Waals surface area (Å²) in [5.74, 6) is 1.85. The smallest absolute Gasteiger partial charge is 0.146 e. The number of rotatable bonds is 4. The average molecular weight is 265 g/mol. The molecule has 0 aliphatic rings. The normalized spacial score (nSPS) is 12.7. The van der Waals surface area contributed by atoms with E-state index in [2.05, 4.69) is 28.5 Å². The molecule has 1 N–H and O–H groups in total. The molecule has 1 atom stereocenters. The fourth-order valence-corrected chi connectivity index (χ4v) is 1.94. The molecule has 18 heavy (non-hydrogen) atoms. The first kappa shape index (κ1) is 13.1. The largest absolute Gasteiger partial charge is 0.317 e. The molecule has 96 valence electrons. The minimum absolute atomic E-state index is 0.223. The lowest BCUT2D eigenvalue weighted by molar-refractivity contribution is 0.547. The number of hydrogen-bond donors (Lipinski definition) is 1. The van der Waals surface area contributed by atoms with Crippen molar-refractivity contribution in [3.8, 4) is 0 Å². The zero-order valence-electron chi connectivity index (χ0n) is 10.8. The summed E-state index contributed by atoms with van der Waals surface area (Å²) in [6.07, 6.45) is 0. The van der Waals surface area contributed by atoms with Gasteiger partial charge in [0, 0.05) is 18.1 Å². The van der Waals surface area contributed by atoms with Crippen LogP contribution in [-0.2, 0) is 13.6 Å². The predicted octanol–water partition coefficient (Wildman–Crippen LogP) is 2.63. The highest BCUT2D eigenvalue weighted by Crippen LogP contribution is 2.17. The highest BCUT2D eigenvalue weighted by Gasteiger charge is 2.08. The molecule has 1 aromatic carbocycles. The van der Waals surface area contributed by atoms with Crippen molar-refractivity contribution in [1.29, 1.82) is 0 Å². The van der Waals surface area contributed by atoms with Crippen LogP contribution in [0.5, 0.6) is 0 Å². The zero-order chi connectivity index (χ0) is 13.1. The van der Waals surface area contributed by atoms with Gasteiger partial charge in [-0.2, -0.15) is 0 Å². The van der Waals surface area contributed by atoms with E-state index in [1.54, 1.807) is 0 Å². The third-order valence-electron chi connectivity index (χ3n) is 3.10. The Labute approximate surface area is 112 Å². The van der Waals surface area contributed by atoms with Gasteiger partial charge < -0.3 is 9.88 Å². The van der Waals surface area contributed by atoms with Gasteiger partial charge in [0.25, 0.3) is 0 Å². The van der Waals surface area contributed by atoms with Crippen LogP contribution >= 0.6 is 11.6 Å². The Morgan fingerprint density at radius 1 is 1.39 bits per heavy atom. The Morgan fingerprint density at radius 3 is 2.78 bits per heavy atom. The topological polar surface area (TPSA) is 42.7 Å². The first-order valence-corrected chi connectivity index (χ1v) is 6.29. The van der Waals surface area contributed by atoms with Gasteiger partial charge in [-0.25, -0.2) is 0 Å². The van der Waals surface area contributed by atoms with E-state index in [4.69, 9.17) is 11.6 Å². The van der Waals surface area contributed by atoms with E-state index in [1.807, 2.05) is 36.7 Å². The summed E-state index contributed by atoms with van der Waals surface area (Å²) in [7, 11) is 1.97. The van der Waals surface area contributed by atoms with Crippen molar-refractivity contribution in [2.24, 2.45) is 7.05 Å². The maximum atomic E-state index is 5.98. The molecule has 0 spiro atoms. The molecule has 2 aromatic rings. The predicted molar refractivity (Wildman–Crippen MR) is 72.4 cm³/mol. The summed E-state index contributed by atoms with van der Waals surface area (Å²) in [5, 5.41) is 12.3. The van der Waals surface area contributed by atoms with Gasteiger partial charge in [0.05, 0.1) is 6.54 Å². The van der Waals surface area contributed by atoms with Crippen LogP contribution in [0, 0.1) is 6.92 Å². The number of halogens is 1. The van der Waals surface area contributed by atoms with Gasteiger partial charge in [0.15, 0.2) is 0 Å². The fourth-order valence-electron chi connectivity index (χ4n) is 1.74. The summed E-state index contributed by atoms with van der Waals surface area (Å²) in [5.41, 5.74) is 1.17. The van der Waals surface area contributed by atoms with Crippen molar-refractivity contribution >= 4 is 11.6 Å². The van der Waals surface area contributed by atoms with Gasteiger partial charge in [-0.15, -0.1) is 10.2 Å². The molecule has 0 unspecified atom stereocenters. The van der Waals surface area contributed by atoms with Crippen molar-refractivity contribution < 1.29 is 0 Å². The molecule has 0 saturated carbocycles. The molecule has 0 amide bonds. The van der Waals surface area contributed by atoms with Crippen LogP contribution in [0.4, 0.5) is 0 Å². The van der Waals surface area contributed by atoms with Crippen molar-refractivity contribution in [2.75, 3.05) is 0 Å². The minimum Gasteiger partial charge on any atom is -0.317 e. The Bertz CT molecular complexity index is 536. The van der Waals surface area contributed by atoms with Crippen LogP contribution < -0.4 is 5.32 Å². The molecule has 5 heteroatoms. The standard InChI is InChI=1S/C13H17ClN4/c1-9(11-5-4-6-12(14)7-11)15-8-13-17-16-10(2)18(13)3/h4-7,9,15H,8H2,1-3H3/t9-/m1/s1. The van der Waals surface area contributed by atoms with Crippen LogP contribution in [-0.4, -0.2) is 14.8 Å². The lowest BCUT2D eigenvalue weighted by atomic mass is 10.1. The van der Waals surface area contributed by atoms with E-state index < -0.39 is 0 Å². The average Bonchev–Trinajstić information content (AvgIpc) is 2.67. The summed E-state index contributed by atoms with van der Waals surface area (Å²) in [4.78, 5) is 0. The molecule has 0 radical (unpaired) electrons. The summed E-state index contributed by atoms with van der Waals surface area (Å²) in [6.45, 7) is 4.73. The van der Waals surface area contributed by atoms with Crippen LogP contribution in [0.3, 0.4) is 0 Å². The van der Waals surface area contributed by atoms with E-state index in [0.29, 0.717) is 6.54 Å². The van der Waals surface area contributed by atoms with Crippen molar-refractivity contribution in [3.63, 3.8) is 0 Å². The van der Waals surface area contributed by atoms with Crippen molar-refractivity contribution in [2.45, 2.75) is 26.4 Å². The molecule has 0 aliphatic heterocycles. The molecule has 2 rings (SSSR count). The van der Waals surface area contributed by atoms with E-state index >= 15 is 0 Å². The lowest BCUT2D eigenvalue weighted by Gasteiger charge is -2.14. The highest BCUT2D eigenvalue weighted by atomic mass is 35.5. The number of benzene rings is 1. The molecular weight excluding hydrogens is 248 g/mol. The van der Waals surface area contributed by atoms with Crippen LogP contribution in [0.25, 0.3) is 0 Å². The van der Waals surface area contributed by atoms with Gasteiger partial charge in [-0.3, -0.25) is 0 Å². The molecule has 1 heterocycles. The molecule has 4 nitrogen and oxygen atoms in total.